The smallest absolute Gasteiger partial charge is 0.244 e. The van der Waals surface area contributed by atoms with E-state index >= 15 is 0 Å². The molecule has 1 unspecified atom stereocenters. The van der Waals surface area contributed by atoms with Crippen LogP contribution in [0.1, 0.15) is 6.92 Å². The maximum Gasteiger partial charge on any atom is 0.244 e. The molecule has 1 aliphatic heterocycles. The Kier molecular flexibility index (Phi) is 4.41. The fraction of sp³-hybridized carbons (Fsp3) is 0.462. The standard InChI is InChI=1S/C13H19N3O2/c1-2-18-8-7-14-13(17)12-9-15-10-5-3-4-6-11(10)16-12/h3-6,12,15-16H,2,7-9H2,1H3,(H,14,17). The van der Waals surface area contributed by atoms with Crippen LogP contribution in [0.3, 0.4) is 0 Å². The third kappa shape index (κ3) is 3.13. The molecule has 1 aliphatic rings. The molecule has 0 fully saturated rings. The predicted octanol–water partition coefficient (Wildman–Crippen LogP) is 1.05. The van der Waals surface area contributed by atoms with Crippen LogP contribution in [-0.4, -0.2) is 38.3 Å². The zero-order valence-electron chi connectivity index (χ0n) is 10.5. The van der Waals surface area contributed by atoms with E-state index in [0.717, 1.165) is 11.4 Å². The summed E-state index contributed by atoms with van der Waals surface area (Å²) in [7, 11) is 0. The van der Waals surface area contributed by atoms with E-state index < -0.39 is 0 Å². The van der Waals surface area contributed by atoms with Crippen molar-refractivity contribution in [2.45, 2.75) is 13.0 Å². The van der Waals surface area contributed by atoms with Crippen LogP contribution in [-0.2, 0) is 9.53 Å². The molecule has 5 nitrogen and oxygen atoms in total. The van der Waals surface area contributed by atoms with E-state index in [1.807, 2.05) is 31.2 Å². The number of hydrogen-bond donors (Lipinski definition) is 3. The summed E-state index contributed by atoms with van der Waals surface area (Å²) in [6, 6.07) is 7.63. The molecule has 98 valence electrons. The molecule has 0 aromatic heterocycles. The van der Waals surface area contributed by atoms with Gasteiger partial charge in [0.15, 0.2) is 0 Å². The molecule has 1 aromatic carbocycles. The number of carbonyl (C=O) groups excluding carboxylic acids is 1. The molecule has 3 N–H and O–H groups in total. The lowest BCUT2D eigenvalue weighted by molar-refractivity contribution is -0.121. The third-order valence-electron chi connectivity index (χ3n) is 2.82. The molecule has 5 heteroatoms. The van der Waals surface area contributed by atoms with Crippen molar-refractivity contribution in [1.82, 2.24) is 5.32 Å². The highest BCUT2D eigenvalue weighted by molar-refractivity contribution is 5.88. The van der Waals surface area contributed by atoms with Crippen LogP contribution in [0.15, 0.2) is 24.3 Å². The molecule has 0 radical (unpaired) electrons. The molecule has 2 rings (SSSR count). The Morgan fingerprint density at radius 2 is 2.22 bits per heavy atom. The second kappa shape index (κ2) is 6.26. The molecule has 18 heavy (non-hydrogen) atoms. The summed E-state index contributed by atoms with van der Waals surface area (Å²) in [5.74, 6) is -0.00305. The first-order valence-corrected chi connectivity index (χ1v) is 6.26. The molecule has 0 spiro atoms. The number of fused-ring (bicyclic) bond motifs is 1. The highest BCUT2D eigenvalue weighted by atomic mass is 16.5. The van der Waals surface area contributed by atoms with Gasteiger partial charge in [-0.25, -0.2) is 0 Å². The van der Waals surface area contributed by atoms with Gasteiger partial charge in [0.05, 0.1) is 18.0 Å². The van der Waals surface area contributed by atoms with Crippen LogP contribution in [0.2, 0.25) is 0 Å². The largest absolute Gasteiger partial charge is 0.381 e. The quantitative estimate of drug-likeness (QED) is 0.682. The van der Waals surface area contributed by atoms with E-state index in [1.54, 1.807) is 0 Å². The van der Waals surface area contributed by atoms with E-state index in [2.05, 4.69) is 16.0 Å². The lowest BCUT2D eigenvalue weighted by Crippen LogP contribution is -2.46. The number of hydrogen-bond acceptors (Lipinski definition) is 4. The van der Waals surface area contributed by atoms with Gasteiger partial charge in [0.2, 0.25) is 5.91 Å². The van der Waals surface area contributed by atoms with Crippen molar-refractivity contribution in [3.8, 4) is 0 Å². The second-order valence-corrected chi connectivity index (χ2v) is 4.11. The third-order valence-corrected chi connectivity index (χ3v) is 2.82. The van der Waals surface area contributed by atoms with E-state index in [4.69, 9.17) is 4.74 Å². The first-order chi connectivity index (χ1) is 8.81. The van der Waals surface area contributed by atoms with Crippen LogP contribution in [0.4, 0.5) is 11.4 Å². The maximum absolute atomic E-state index is 11.9. The zero-order chi connectivity index (χ0) is 12.8. The molecular formula is C13H19N3O2. The summed E-state index contributed by atoms with van der Waals surface area (Å²) in [6.45, 7) is 4.31. The highest BCUT2D eigenvalue weighted by Gasteiger charge is 2.22. The number of para-hydroxylation sites is 2. The molecule has 0 aliphatic carbocycles. The van der Waals surface area contributed by atoms with Gasteiger partial charge in [-0.3, -0.25) is 4.79 Å². The van der Waals surface area contributed by atoms with Gasteiger partial charge in [-0.05, 0) is 19.1 Å². The van der Waals surface area contributed by atoms with Gasteiger partial charge < -0.3 is 20.7 Å². The maximum atomic E-state index is 11.9. The Morgan fingerprint density at radius 1 is 1.44 bits per heavy atom. The number of benzene rings is 1. The minimum Gasteiger partial charge on any atom is -0.381 e. The van der Waals surface area contributed by atoms with E-state index in [9.17, 15) is 4.79 Å². The summed E-state index contributed by atoms with van der Waals surface area (Å²) in [6.07, 6.45) is 0. The number of nitrogens with one attached hydrogen (secondary N) is 3. The molecule has 0 bridgehead atoms. The van der Waals surface area contributed by atoms with Crippen molar-refractivity contribution in [1.29, 1.82) is 0 Å². The Labute approximate surface area is 107 Å². The Bertz CT molecular complexity index is 409. The molecule has 1 heterocycles. The van der Waals surface area contributed by atoms with E-state index in [1.165, 1.54) is 0 Å². The Balaban J connectivity index is 1.83. The van der Waals surface area contributed by atoms with Crippen molar-refractivity contribution >= 4 is 17.3 Å². The average Bonchev–Trinajstić information content (AvgIpc) is 2.43. The SMILES string of the molecule is CCOCCNC(=O)C1CNc2ccccc2N1. The van der Waals surface area contributed by atoms with Crippen molar-refractivity contribution in [3.05, 3.63) is 24.3 Å². The molecule has 1 aromatic rings. The average molecular weight is 249 g/mol. The van der Waals surface area contributed by atoms with Crippen LogP contribution in [0, 0.1) is 0 Å². The summed E-state index contributed by atoms with van der Waals surface area (Å²) >= 11 is 0. The Hall–Kier alpha value is -1.75. The molecule has 1 atom stereocenters. The highest BCUT2D eigenvalue weighted by Crippen LogP contribution is 2.24. The molecule has 0 saturated carbocycles. The molecule has 1 amide bonds. The van der Waals surface area contributed by atoms with Crippen LogP contribution in [0.5, 0.6) is 0 Å². The summed E-state index contributed by atoms with van der Waals surface area (Å²) in [5.41, 5.74) is 2.00. The minimum absolute atomic E-state index is 0.00305. The lowest BCUT2D eigenvalue weighted by atomic mass is 10.1. The van der Waals surface area contributed by atoms with Gasteiger partial charge in [0, 0.05) is 19.7 Å². The fourth-order valence-electron chi connectivity index (χ4n) is 1.89. The van der Waals surface area contributed by atoms with Crippen molar-refractivity contribution in [3.63, 3.8) is 0 Å². The van der Waals surface area contributed by atoms with Gasteiger partial charge in [0.1, 0.15) is 6.04 Å². The first kappa shape index (κ1) is 12.7. The van der Waals surface area contributed by atoms with Gasteiger partial charge in [-0.1, -0.05) is 12.1 Å². The predicted molar refractivity (Wildman–Crippen MR) is 71.8 cm³/mol. The van der Waals surface area contributed by atoms with Crippen LogP contribution >= 0.6 is 0 Å². The van der Waals surface area contributed by atoms with Crippen LogP contribution < -0.4 is 16.0 Å². The van der Waals surface area contributed by atoms with Gasteiger partial charge >= 0.3 is 0 Å². The normalized spacial score (nSPS) is 17.3. The molecular weight excluding hydrogens is 230 g/mol. The van der Waals surface area contributed by atoms with Gasteiger partial charge in [-0.15, -0.1) is 0 Å². The number of ether oxygens (including phenoxy) is 1. The monoisotopic (exact) mass is 249 g/mol. The number of anilines is 2. The van der Waals surface area contributed by atoms with Crippen molar-refractivity contribution < 1.29 is 9.53 Å². The topological polar surface area (TPSA) is 62.4 Å². The van der Waals surface area contributed by atoms with E-state index in [-0.39, 0.29) is 11.9 Å². The van der Waals surface area contributed by atoms with Crippen molar-refractivity contribution in [2.24, 2.45) is 0 Å². The van der Waals surface area contributed by atoms with Crippen LogP contribution in [0.25, 0.3) is 0 Å². The number of rotatable bonds is 5. The number of carbonyl (C=O) groups is 1. The fourth-order valence-corrected chi connectivity index (χ4v) is 1.89. The number of amides is 1. The molecule has 0 saturated heterocycles. The van der Waals surface area contributed by atoms with Gasteiger partial charge in [0.25, 0.3) is 0 Å². The first-order valence-electron chi connectivity index (χ1n) is 6.26. The Morgan fingerprint density at radius 3 is 3.00 bits per heavy atom. The lowest BCUT2D eigenvalue weighted by Gasteiger charge is -2.27. The minimum atomic E-state index is -0.235. The summed E-state index contributed by atoms with van der Waals surface area (Å²) in [5, 5.41) is 9.31. The van der Waals surface area contributed by atoms with Crippen molar-refractivity contribution in [2.75, 3.05) is 36.9 Å². The van der Waals surface area contributed by atoms with E-state index in [0.29, 0.717) is 26.3 Å². The zero-order valence-corrected chi connectivity index (χ0v) is 10.5. The summed E-state index contributed by atoms with van der Waals surface area (Å²) in [4.78, 5) is 11.9. The summed E-state index contributed by atoms with van der Waals surface area (Å²) < 4.78 is 5.18. The van der Waals surface area contributed by atoms with Gasteiger partial charge in [-0.2, -0.15) is 0 Å². The second-order valence-electron chi connectivity index (χ2n) is 4.11.